The molecule has 1 amide bonds. The molecule has 1 aliphatic carbocycles. The number of anilines is 3. The third kappa shape index (κ3) is 3.84. The first-order chi connectivity index (χ1) is 13.6. The van der Waals surface area contributed by atoms with Crippen LogP contribution in [0, 0.1) is 0 Å². The van der Waals surface area contributed by atoms with Gasteiger partial charge in [-0.15, -0.1) is 10.2 Å². The summed E-state index contributed by atoms with van der Waals surface area (Å²) in [6.45, 7) is 0. The second-order valence-corrected chi connectivity index (χ2v) is 6.91. The fourth-order valence-corrected chi connectivity index (χ4v) is 3.40. The number of fused-ring (bicyclic) bond motifs is 1. The lowest BCUT2D eigenvalue weighted by atomic mass is 9.91. The maximum absolute atomic E-state index is 11.8. The summed E-state index contributed by atoms with van der Waals surface area (Å²) in [5.41, 5.74) is 12.4. The van der Waals surface area contributed by atoms with Crippen molar-refractivity contribution in [1.82, 2.24) is 20.2 Å². The average molecular weight is 378 g/mol. The minimum atomic E-state index is -0.718. The highest BCUT2D eigenvalue weighted by Crippen LogP contribution is 2.22. The van der Waals surface area contributed by atoms with E-state index in [1.165, 1.54) is 0 Å². The van der Waals surface area contributed by atoms with E-state index in [0.29, 0.717) is 11.8 Å². The van der Waals surface area contributed by atoms with Crippen molar-refractivity contribution in [2.45, 2.75) is 37.8 Å². The van der Waals surface area contributed by atoms with Crippen LogP contribution in [0.3, 0.4) is 0 Å². The van der Waals surface area contributed by atoms with E-state index in [-0.39, 0.29) is 23.6 Å². The van der Waals surface area contributed by atoms with Gasteiger partial charge in [-0.3, -0.25) is 4.79 Å². The maximum atomic E-state index is 11.8. The predicted molar refractivity (Wildman–Crippen MR) is 107 cm³/mol. The lowest BCUT2D eigenvalue weighted by molar-refractivity contribution is 0.0995. The highest BCUT2D eigenvalue weighted by atomic mass is 16.1. The highest BCUT2D eigenvalue weighted by Gasteiger charge is 2.23. The molecule has 1 aromatic carbocycles. The van der Waals surface area contributed by atoms with Crippen molar-refractivity contribution in [3.8, 4) is 0 Å². The molecule has 1 aliphatic rings. The van der Waals surface area contributed by atoms with Crippen LogP contribution < -0.4 is 22.1 Å². The van der Waals surface area contributed by atoms with Crippen molar-refractivity contribution in [2.24, 2.45) is 11.5 Å². The van der Waals surface area contributed by atoms with E-state index in [4.69, 9.17) is 11.5 Å². The standard InChI is InChI=1S/C19H22N8O/c20-12-6-2-4-8-14(12)23-19-25-18(16(17(21)28)26-27-19)24-15-10-9-11-5-1-3-7-13(11)22-15/h1,3,5,7,9-10,12,14H,2,4,6,8,20H2,(H2,21,28)(H2,22,23,24,25,27)/t12-,14+/m0/s1. The molecule has 28 heavy (non-hydrogen) atoms. The van der Waals surface area contributed by atoms with Gasteiger partial charge in [0.15, 0.2) is 11.5 Å². The number of carbonyl (C=O) groups excluding carboxylic acids is 1. The summed E-state index contributed by atoms with van der Waals surface area (Å²) < 4.78 is 0. The summed E-state index contributed by atoms with van der Waals surface area (Å²) in [4.78, 5) is 20.7. The van der Waals surface area contributed by atoms with E-state index in [9.17, 15) is 4.79 Å². The Balaban J connectivity index is 1.62. The van der Waals surface area contributed by atoms with Gasteiger partial charge < -0.3 is 22.1 Å². The average Bonchev–Trinajstić information content (AvgIpc) is 2.70. The van der Waals surface area contributed by atoms with Crippen LogP contribution in [0.5, 0.6) is 0 Å². The molecule has 0 radical (unpaired) electrons. The van der Waals surface area contributed by atoms with Crippen LogP contribution in [0.4, 0.5) is 17.6 Å². The summed E-state index contributed by atoms with van der Waals surface area (Å²) in [5, 5.41) is 15.2. The quantitative estimate of drug-likeness (QED) is 0.527. The van der Waals surface area contributed by atoms with Gasteiger partial charge >= 0.3 is 0 Å². The zero-order chi connectivity index (χ0) is 19.5. The van der Waals surface area contributed by atoms with Gasteiger partial charge in [0, 0.05) is 17.5 Å². The Morgan fingerprint density at radius 2 is 1.86 bits per heavy atom. The SMILES string of the molecule is NC(=O)c1nnc(N[C@@H]2CCCC[C@@H]2N)nc1Nc1ccc2ccccc2n1. The number of nitrogens with zero attached hydrogens (tertiary/aromatic N) is 4. The van der Waals surface area contributed by atoms with Gasteiger partial charge in [0.25, 0.3) is 5.91 Å². The fourth-order valence-electron chi connectivity index (χ4n) is 3.40. The van der Waals surface area contributed by atoms with Crippen LogP contribution in [0.25, 0.3) is 10.9 Å². The lowest BCUT2D eigenvalue weighted by Gasteiger charge is -2.29. The molecule has 144 valence electrons. The number of para-hydroxylation sites is 1. The molecule has 1 fully saturated rings. The van der Waals surface area contributed by atoms with E-state index < -0.39 is 5.91 Å². The number of carbonyl (C=O) groups is 1. The van der Waals surface area contributed by atoms with Gasteiger partial charge in [-0.05, 0) is 31.0 Å². The monoisotopic (exact) mass is 378 g/mol. The number of benzene rings is 1. The third-order valence-electron chi connectivity index (χ3n) is 4.90. The van der Waals surface area contributed by atoms with Crippen molar-refractivity contribution in [3.05, 3.63) is 42.1 Å². The number of hydrogen-bond acceptors (Lipinski definition) is 8. The molecule has 9 heteroatoms. The molecule has 0 spiro atoms. The van der Waals surface area contributed by atoms with Crippen LogP contribution >= 0.6 is 0 Å². The molecule has 9 nitrogen and oxygen atoms in total. The summed E-state index contributed by atoms with van der Waals surface area (Å²) in [5.74, 6) is 0.319. The molecule has 1 saturated carbocycles. The van der Waals surface area contributed by atoms with Gasteiger partial charge in [0.1, 0.15) is 5.82 Å². The van der Waals surface area contributed by atoms with E-state index in [2.05, 4.69) is 30.8 Å². The zero-order valence-electron chi connectivity index (χ0n) is 15.3. The summed E-state index contributed by atoms with van der Waals surface area (Å²) in [6, 6.07) is 11.6. The van der Waals surface area contributed by atoms with Gasteiger partial charge in [-0.1, -0.05) is 31.0 Å². The van der Waals surface area contributed by atoms with Gasteiger partial charge in [-0.25, -0.2) is 4.98 Å². The number of rotatable bonds is 5. The minimum Gasteiger partial charge on any atom is -0.364 e. The molecule has 2 heterocycles. The van der Waals surface area contributed by atoms with Crippen molar-refractivity contribution >= 4 is 34.4 Å². The Morgan fingerprint density at radius 3 is 2.68 bits per heavy atom. The van der Waals surface area contributed by atoms with Crippen molar-refractivity contribution in [3.63, 3.8) is 0 Å². The van der Waals surface area contributed by atoms with Gasteiger partial charge in [-0.2, -0.15) is 4.98 Å². The molecule has 0 aliphatic heterocycles. The van der Waals surface area contributed by atoms with Gasteiger partial charge in [0.2, 0.25) is 5.95 Å². The Labute approximate surface area is 162 Å². The zero-order valence-corrected chi connectivity index (χ0v) is 15.3. The van der Waals surface area contributed by atoms with Crippen molar-refractivity contribution in [2.75, 3.05) is 10.6 Å². The fraction of sp³-hybridized carbons (Fsp3) is 0.316. The summed E-state index contributed by atoms with van der Waals surface area (Å²) in [7, 11) is 0. The Bertz CT molecular complexity index is 1010. The number of amides is 1. The molecular formula is C19H22N8O. The third-order valence-corrected chi connectivity index (χ3v) is 4.90. The van der Waals surface area contributed by atoms with Crippen molar-refractivity contribution in [1.29, 1.82) is 0 Å². The Hall–Kier alpha value is -3.33. The number of nitrogens with two attached hydrogens (primary N) is 2. The second kappa shape index (κ2) is 7.73. The number of hydrogen-bond donors (Lipinski definition) is 4. The molecule has 4 rings (SSSR count). The summed E-state index contributed by atoms with van der Waals surface area (Å²) >= 11 is 0. The molecule has 0 saturated heterocycles. The highest BCUT2D eigenvalue weighted by molar-refractivity contribution is 5.96. The molecule has 0 unspecified atom stereocenters. The van der Waals surface area contributed by atoms with Gasteiger partial charge in [0.05, 0.1) is 5.52 Å². The molecule has 6 N–H and O–H groups in total. The number of pyridine rings is 1. The topological polar surface area (TPSA) is 145 Å². The van der Waals surface area contributed by atoms with Crippen LogP contribution in [0.2, 0.25) is 0 Å². The minimum absolute atomic E-state index is 0.0340. The molecule has 2 atom stereocenters. The van der Waals surface area contributed by atoms with Crippen LogP contribution in [0.1, 0.15) is 36.2 Å². The Kier molecular flexibility index (Phi) is 4.98. The molecular weight excluding hydrogens is 356 g/mol. The molecule has 0 bridgehead atoms. The number of primary amides is 1. The van der Waals surface area contributed by atoms with E-state index in [1.54, 1.807) is 6.07 Å². The normalized spacial score (nSPS) is 19.3. The lowest BCUT2D eigenvalue weighted by Crippen LogP contribution is -2.43. The van der Waals surface area contributed by atoms with Crippen LogP contribution in [-0.2, 0) is 0 Å². The van der Waals surface area contributed by atoms with E-state index in [0.717, 1.165) is 36.6 Å². The number of aromatic nitrogens is 4. The summed E-state index contributed by atoms with van der Waals surface area (Å²) in [6.07, 6.45) is 4.12. The van der Waals surface area contributed by atoms with Crippen molar-refractivity contribution < 1.29 is 4.79 Å². The smallest absolute Gasteiger partial charge is 0.273 e. The maximum Gasteiger partial charge on any atom is 0.273 e. The van der Waals surface area contributed by atoms with Crippen LogP contribution in [0.15, 0.2) is 36.4 Å². The Morgan fingerprint density at radius 1 is 1.04 bits per heavy atom. The second-order valence-electron chi connectivity index (χ2n) is 6.91. The molecule has 3 aromatic rings. The first-order valence-electron chi connectivity index (χ1n) is 9.29. The molecule has 2 aromatic heterocycles. The van der Waals surface area contributed by atoms with Crippen LogP contribution in [-0.4, -0.2) is 38.2 Å². The van der Waals surface area contributed by atoms with E-state index in [1.807, 2.05) is 30.3 Å². The first-order valence-corrected chi connectivity index (χ1v) is 9.29. The largest absolute Gasteiger partial charge is 0.364 e. The predicted octanol–water partition coefficient (Wildman–Crippen LogP) is 1.94. The van der Waals surface area contributed by atoms with E-state index >= 15 is 0 Å². The first kappa shape index (κ1) is 18.1. The number of nitrogens with one attached hydrogen (secondary N) is 2.